The fourth-order valence-electron chi connectivity index (χ4n) is 0.907. The molecule has 0 amide bonds. The lowest BCUT2D eigenvalue weighted by atomic mass is 10.1. The summed E-state index contributed by atoms with van der Waals surface area (Å²) < 4.78 is 25.4. The number of hydrogen-bond donors (Lipinski definition) is 2. The summed E-state index contributed by atoms with van der Waals surface area (Å²) in [6.07, 6.45) is -0.468. The SMILES string of the molecule is O=C(O)C(F)(F)Cc1cn[nH]c1[N+](=O)[O-]. The summed E-state index contributed by atoms with van der Waals surface area (Å²) in [5, 5.41) is 23.5. The largest absolute Gasteiger partial charge is 0.477 e. The van der Waals surface area contributed by atoms with Gasteiger partial charge in [-0.15, -0.1) is 5.10 Å². The molecule has 0 bridgehead atoms. The van der Waals surface area contributed by atoms with Crippen molar-refractivity contribution in [1.29, 1.82) is 0 Å². The molecule has 2 N–H and O–H groups in total. The Morgan fingerprint density at radius 1 is 1.73 bits per heavy atom. The number of H-pyrrole nitrogens is 1. The normalized spacial score (nSPS) is 11.3. The Hall–Kier alpha value is -2.06. The molecule has 1 aromatic heterocycles. The fraction of sp³-hybridized carbons (Fsp3) is 0.333. The minimum absolute atomic E-state index is 0.451. The van der Waals surface area contributed by atoms with Crippen molar-refractivity contribution in [2.45, 2.75) is 12.3 Å². The highest BCUT2D eigenvalue weighted by Gasteiger charge is 2.41. The molecule has 1 rings (SSSR count). The minimum atomic E-state index is -4.05. The Balaban J connectivity index is 2.95. The van der Waals surface area contributed by atoms with Gasteiger partial charge in [0.25, 0.3) is 0 Å². The number of nitro groups is 1. The van der Waals surface area contributed by atoms with E-state index in [0.29, 0.717) is 0 Å². The quantitative estimate of drug-likeness (QED) is 0.570. The van der Waals surface area contributed by atoms with Crippen molar-refractivity contribution in [3.05, 3.63) is 21.9 Å². The number of nitrogens with one attached hydrogen (secondary N) is 1. The van der Waals surface area contributed by atoms with Crippen LogP contribution >= 0.6 is 0 Å². The Morgan fingerprint density at radius 2 is 2.33 bits per heavy atom. The van der Waals surface area contributed by atoms with E-state index in [1.165, 1.54) is 0 Å². The van der Waals surface area contributed by atoms with Crippen molar-refractivity contribution in [3.8, 4) is 0 Å². The first-order valence-corrected chi connectivity index (χ1v) is 3.62. The molecule has 0 aliphatic rings. The third kappa shape index (κ3) is 2.24. The van der Waals surface area contributed by atoms with Gasteiger partial charge in [0.05, 0.1) is 18.2 Å². The summed E-state index contributed by atoms with van der Waals surface area (Å²) >= 11 is 0. The molecular formula is C6H5F2N3O4. The lowest BCUT2D eigenvalue weighted by Gasteiger charge is -2.08. The van der Waals surface area contributed by atoms with E-state index in [9.17, 15) is 23.7 Å². The zero-order valence-electron chi connectivity index (χ0n) is 7.11. The summed E-state index contributed by atoms with van der Waals surface area (Å²) in [6.45, 7) is 0. The van der Waals surface area contributed by atoms with Crippen molar-refractivity contribution in [3.63, 3.8) is 0 Å². The van der Waals surface area contributed by atoms with Crippen LogP contribution in [0.1, 0.15) is 5.56 Å². The number of aromatic amines is 1. The van der Waals surface area contributed by atoms with E-state index in [-0.39, 0.29) is 0 Å². The summed E-state index contributed by atoms with van der Waals surface area (Å²) in [6, 6.07) is 0. The second kappa shape index (κ2) is 3.59. The van der Waals surface area contributed by atoms with Crippen LogP contribution in [0.15, 0.2) is 6.20 Å². The highest BCUT2D eigenvalue weighted by molar-refractivity contribution is 5.75. The standard InChI is InChI=1S/C6H5F2N3O4/c7-6(8,5(12)13)1-3-2-9-10-4(3)11(14)15/h2H,1H2,(H,9,10)(H,12,13). The van der Waals surface area contributed by atoms with E-state index in [0.717, 1.165) is 6.20 Å². The molecule has 0 radical (unpaired) electrons. The number of rotatable bonds is 4. The monoisotopic (exact) mass is 221 g/mol. The highest BCUT2D eigenvalue weighted by atomic mass is 19.3. The van der Waals surface area contributed by atoms with E-state index in [1.54, 1.807) is 0 Å². The second-order valence-corrected chi connectivity index (χ2v) is 2.69. The van der Waals surface area contributed by atoms with Gasteiger partial charge in [-0.2, -0.15) is 8.78 Å². The van der Waals surface area contributed by atoms with Gasteiger partial charge in [-0.1, -0.05) is 5.10 Å². The third-order valence-corrected chi connectivity index (χ3v) is 1.60. The number of halogens is 2. The number of alkyl halides is 2. The van der Waals surface area contributed by atoms with Crippen LogP contribution in [0.25, 0.3) is 0 Å². The molecule has 0 aliphatic heterocycles. The van der Waals surface area contributed by atoms with Gasteiger partial charge in [0.15, 0.2) is 0 Å². The van der Waals surface area contributed by atoms with Gasteiger partial charge in [-0.25, -0.2) is 4.79 Å². The molecule has 0 unspecified atom stereocenters. The Kier molecular flexibility index (Phi) is 2.64. The number of nitrogens with zero attached hydrogens (tertiary/aromatic N) is 2. The lowest BCUT2D eigenvalue weighted by molar-refractivity contribution is -0.390. The number of aromatic nitrogens is 2. The van der Waals surface area contributed by atoms with Crippen LogP contribution in [-0.4, -0.2) is 32.1 Å². The Bertz CT molecular complexity index is 403. The van der Waals surface area contributed by atoms with Crippen LogP contribution in [0.5, 0.6) is 0 Å². The van der Waals surface area contributed by atoms with Gasteiger partial charge in [-0.05, 0) is 4.92 Å². The molecule has 0 saturated carbocycles. The lowest BCUT2D eigenvalue weighted by Crippen LogP contribution is -2.30. The molecule has 82 valence electrons. The molecule has 0 aromatic carbocycles. The maximum absolute atomic E-state index is 12.7. The molecule has 7 nitrogen and oxygen atoms in total. The number of carboxylic acids is 1. The van der Waals surface area contributed by atoms with E-state index in [4.69, 9.17) is 5.11 Å². The third-order valence-electron chi connectivity index (χ3n) is 1.60. The first-order chi connectivity index (χ1) is 6.84. The van der Waals surface area contributed by atoms with Crippen molar-refractivity contribution in [2.24, 2.45) is 0 Å². The van der Waals surface area contributed by atoms with E-state index in [1.807, 2.05) is 5.10 Å². The predicted molar refractivity (Wildman–Crippen MR) is 41.5 cm³/mol. The molecular weight excluding hydrogens is 216 g/mol. The van der Waals surface area contributed by atoms with E-state index >= 15 is 0 Å². The molecule has 0 fully saturated rings. The predicted octanol–water partition coefficient (Wildman–Crippen LogP) is 0.580. The molecule has 0 spiro atoms. The minimum Gasteiger partial charge on any atom is -0.477 e. The number of aliphatic carboxylic acids is 1. The van der Waals surface area contributed by atoms with Gasteiger partial charge < -0.3 is 15.2 Å². The number of hydrogen-bond acceptors (Lipinski definition) is 4. The Labute approximate surface area is 80.9 Å². The van der Waals surface area contributed by atoms with Crippen LogP contribution in [-0.2, 0) is 11.2 Å². The first-order valence-electron chi connectivity index (χ1n) is 3.62. The first kappa shape index (κ1) is 11.0. The van der Waals surface area contributed by atoms with Crippen molar-refractivity contribution >= 4 is 11.8 Å². The van der Waals surface area contributed by atoms with Gasteiger partial charge in [0.1, 0.15) is 0 Å². The van der Waals surface area contributed by atoms with Crippen LogP contribution in [0.4, 0.5) is 14.6 Å². The van der Waals surface area contributed by atoms with E-state index < -0.39 is 34.6 Å². The summed E-state index contributed by atoms with van der Waals surface area (Å²) in [4.78, 5) is 19.4. The van der Waals surface area contributed by atoms with Crippen molar-refractivity contribution in [2.75, 3.05) is 0 Å². The Morgan fingerprint density at radius 3 is 2.80 bits per heavy atom. The van der Waals surface area contributed by atoms with Gasteiger partial charge >= 0.3 is 17.7 Å². The van der Waals surface area contributed by atoms with Crippen LogP contribution in [0.2, 0.25) is 0 Å². The molecule has 0 atom stereocenters. The van der Waals surface area contributed by atoms with Crippen LogP contribution < -0.4 is 0 Å². The maximum atomic E-state index is 12.7. The average Bonchev–Trinajstić information content (AvgIpc) is 2.51. The maximum Gasteiger partial charge on any atom is 0.374 e. The van der Waals surface area contributed by atoms with Gasteiger partial charge in [-0.3, -0.25) is 0 Å². The summed E-state index contributed by atoms with van der Waals surface area (Å²) in [7, 11) is 0. The number of carboxylic acid groups (broad SMARTS) is 1. The molecule has 9 heteroatoms. The van der Waals surface area contributed by atoms with Crippen molar-refractivity contribution in [1.82, 2.24) is 10.2 Å². The van der Waals surface area contributed by atoms with Crippen LogP contribution in [0, 0.1) is 10.1 Å². The summed E-state index contributed by atoms with van der Waals surface area (Å²) in [5.41, 5.74) is -0.451. The van der Waals surface area contributed by atoms with Crippen LogP contribution in [0.3, 0.4) is 0 Å². The summed E-state index contributed by atoms with van der Waals surface area (Å²) in [5.74, 6) is -7.11. The molecule has 1 aromatic rings. The highest BCUT2D eigenvalue weighted by Crippen LogP contribution is 2.24. The van der Waals surface area contributed by atoms with Gasteiger partial charge in [0.2, 0.25) is 0 Å². The van der Waals surface area contributed by atoms with E-state index in [2.05, 4.69) is 5.10 Å². The average molecular weight is 221 g/mol. The fourth-order valence-corrected chi connectivity index (χ4v) is 0.907. The second-order valence-electron chi connectivity index (χ2n) is 2.69. The number of carbonyl (C=O) groups is 1. The molecule has 0 saturated heterocycles. The molecule has 15 heavy (non-hydrogen) atoms. The van der Waals surface area contributed by atoms with Gasteiger partial charge in [0, 0.05) is 0 Å². The topological polar surface area (TPSA) is 109 Å². The zero-order chi connectivity index (χ0) is 11.6. The zero-order valence-corrected chi connectivity index (χ0v) is 7.11. The van der Waals surface area contributed by atoms with Crippen molar-refractivity contribution < 1.29 is 23.6 Å². The molecule has 1 heterocycles. The smallest absolute Gasteiger partial charge is 0.374 e. The molecule has 0 aliphatic carbocycles.